The fourth-order valence-electron chi connectivity index (χ4n) is 11.4. The van der Waals surface area contributed by atoms with Crippen molar-refractivity contribution in [2.75, 3.05) is 6.54 Å². The second-order valence-electron chi connectivity index (χ2n) is 17.8. The lowest BCUT2D eigenvalue weighted by Gasteiger charge is -2.47. The molecule has 0 radical (unpaired) electrons. The molecule has 10 fully saturated rings. The third-order valence-corrected chi connectivity index (χ3v) is 14.3. The van der Waals surface area contributed by atoms with Gasteiger partial charge in [-0.2, -0.15) is 0 Å². The zero-order valence-electron chi connectivity index (χ0n) is 31.2. The van der Waals surface area contributed by atoms with Crippen molar-refractivity contribution in [2.45, 2.75) is 195 Å². The van der Waals surface area contributed by atoms with Gasteiger partial charge >= 0.3 is 0 Å². The summed E-state index contributed by atoms with van der Waals surface area (Å²) in [5, 5.41) is 14.3. The molecule has 13 heteroatoms. The van der Waals surface area contributed by atoms with E-state index in [0.29, 0.717) is 38.5 Å². The molecule has 19 atom stereocenters. The number of hydrogen-bond acceptors (Lipinski definition) is 11. The third kappa shape index (κ3) is 6.95. The first-order valence-corrected chi connectivity index (χ1v) is 20.4. The van der Waals surface area contributed by atoms with Crippen LogP contribution in [0.2, 0.25) is 0 Å². The normalized spacial score (nSPS) is 51.4. The highest BCUT2D eigenvalue weighted by Gasteiger charge is 2.68. The van der Waals surface area contributed by atoms with Crippen LogP contribution in [0.25, 0.3) is 10.4 Å². The maximum atomic E-state index is 14.0. The Hall–Kier alpha value is -1.90. The summed E-state index contributed by atoms with van der Waals surface area (Å²) in [4.78, 5) is 16.9. The Bertz CT molecular complexity index is 1490. The summed E-state index contributed by atoms with van der Waals surface area (Å²) in [6, 6.07) is 0. The number of aliphatic hydroxyl groups excluding tert-OH is 1. The van der Waals surface area contributed by atoms with E-state index in [-0.39, 0.29) is 116 Å². The van der Waals surface area contributed by atoms with Crippen LogP contribution >= 0.6 is 0 Å². The highest BCUT2D eigenvalue weighted by molar-refractivity contribution is 5.79. The lowest BCUT2D eigenvalue weighted by Crippen LogP contribution is -2.61. The monoisotopic (exact) mass is 739 g/mol. The number of ketones is 1. The highest BCUT2D eigenvalue weighted by atomic mass is 16.8. The van der Waals surface area contributed by atoms with Crippen molar-refractivity contribution in [3.63, 3.8) is 0 Å². The first-order chi connectivity index (χ1) is 25.6. The number of aliphatic hydroxyl groups is 1. The van der Waals surface area contributed by atoms with Crippen LogP contribution in [0, 0.1) is 17.8 Å². The molecule has 10 saturated heterocycles. The van der Waals surface area contributed by atoms with Gasteiger partial charge < -0.3 is 43.0 Å². The molecule has 10 aliphatic rings. The molecule has 0 aliphatic carbocycles. The van der Waals surface area contributed by atoms with E-state index < -0.39 is 11.9 Å². The molecule has 10 rings (SSSR count). The smallest absolute Gasteiger partial charge is 0.172 e. The van der Waals surface area contributed by atoms with Gasteiger partial charge in [0.25, 0.3) is 0 Å². The molecule has 12 bridgehead atoms. The lowest BCUT2D eigenvalue weighted by atomic mass is 9.78. The van der Waals surface area contributed by atoms with Crippen LogP contribution in [0.4, 0.5) is 0 Å². The maximum Gasteiger partial charge on any atom is 0.172 e. The predicted octanol–water partition coefficient (Wildman–Crippen LogP) is 5.41. The average Bonchev–Trinajstić information content (AvgIpc) is 3.79. The Labute approximate surface area is 312 Å². The number of carbonyl (C=O) groups excluding carboxylic acids is 1. The van der Waals surface area contributed by atoms with Crippen LogP contribution in [-0.4, -0.2) is 115 Å². The number of hydrogen-bond donors (Lipinski definition) is 1. The highest BCUT2D eigenvalue weighted by Crippen LogP contribution is 2.54. The van der Waals surface area contributed by atoms with E-state index in [2.05, 4.69) is 37.0 Å². The molecule has 0 saturated carbocycles. The molecular weight excluding hydrogens is 682 g/mol. The van der Waals surface area contributed by atoms with Gasteiger partial charge in [0.1, 0.15) is 36.3 Å². The second-order valence-corrected chi connectivity index (χ2v) is 17.8. The average molecular weight is 740 g/mol. The molecule has 0 amide bonds. The van der Waals surface area contributed by atoms with Gasteiger partial charge in [0.2, 0.25) is 0 Å². The van der Waals surface area contributed by atoms with Crippen LogP contribution in [0.3, 0.4) is 0 Å². The Morgan fingerprint density at radius 2 is 1.57 bits per heavy atom. The van der Waals surface area contributed by atoms with E-state index in [0.717, 1.165) is 56.1 Å². The molecule has 10 heterocycles. The topological polar surface area (TPSA) is 160 Å². The zero-order chi connectivity index (χ0) is 36.6. The van der Waals surface area contributed by atoms with Gasteiger partial charge in [-0.25, -0.2) is 0 Å². The Kier molecular flexibility index (Phi) is 10.1. The van der Waals surface area contributed by atoms with Crippen LogP contribution in [-0.2, 0) is 42.7 Å². The maximum absolute atomic E-state index is 14.0. The zero-order valence-corrected chi connectivity index (χ0v) is 31.2. The largest absolute Gasteiger partial charge is 0.393 e. The molecule has 13 nitrogen and oxygen atoms in total. The molecule has 0 aromatic heterocycles. The van der Waals surface area contributed by atoms with E-state index in [1.165, 1.54) is 0 Å². The SMILES string of the molecule is C=C1C[C@@H]2CCC34C[C@H]5O[C@H]6[C@@H](O3)[C@H]3OC(CC[C@@H]3O[C@H]6[C@H]5O4)CC(=O)C[C@H]3C(C[C@H]4O[C@@H](CCC1O2)C[C@@H](C)C4=C)O[C@H](C[C@H](O)CN=[N+]=[N-])[C@@H]3C. The minimum absolute atomic E-state index is 0.00591. The quantitative estimate of drug-likeness (QED) is 0.171. The molecule has 0 aromatic rings. The first-order valence-electron chi connectivity index (χ1n) is 20.4. The van der Waals surface area contributed by atoms with Crippen LogP contribution in [0.5, 0.6) is 0 Å². The number of nitrogens with zero attached hydrogens (tertiary/aromatic N) is 3. The van der Waals surface area contributed by atoms with Gasteiger partial charge in [0.05, 0.1) is 67.6 Å². The fraction of sp³-hybridized carbons (Fsp3) is 0.875. The minimum Gasteiger partial charge on any atom is -0.393 e. The van der Waals surface area contributed by atoms with Gasteiger partial charge in [-0.15, -0.1) is 0 Å². The predicted molar refractivity (Wildman–Crippen MR) is 190 cm³/mol. The van der Waals surface area contributed by atoms with Crippen molar-refractivity contribution in [3.8, 4) is 0 Å². The summed E-state index contributed by atoms with van der Waals surface area (Å²) in [7, 11) is 0. The van der Waals surface area contributed by atoms with Crippen molar-refractivity contribution in [2.24, 2.45) is 22.9 Å². The van der Waals surface area contributed by atoms with Crippen molar-refractivity contribution in [3.05, 3.63) is 34.7 Å². The Balaban J connectivity index is 0.979. The van der Waals surface area contributed by atoms with E-state index >= 15 is 0 Å². The number of ether oxygens (including phenoxy) is 8. The van der Waals surface area contributed by atoms with Crippen molar-refractivity contribution >= 4 is 5.78 Å². The van der Waals surface area contributed by atoms with Crippen LogP contribution < -0.4 is 0 Å². The van der Waals surface area contributed by atoms with Gasteiger partial charge in [-0.1, -0.05) is 32.1 Å². The molecular formula is C40H57N3O10. The summed E-state index contributed by atoms with van der Waals surface area (Å²) < 4.78 is 54.0. The fourth-order valence-corrected chi connectivity index (χ4v) is 11.4. The standard InChI is InChI=1S/C40H57N3O10/c1-19-11-25-5-7-29-20(2)12-27(46-29)9-10-40-17-34-36(52-40)37-38(51-34)39(53-40)35-30(50-37)8-6-26(48-35)13-23(44)14-28-22(4)31(15-24(45)18-42-43-41)49-33(28)16-32(47-25)21(19)3/h19,22,24-39,45H,2-3,5-18H2,1,4H3/t19-,22-,24+,25+,26?,27+,28-,29?,30+,31-,32-,33?,34-,35+,36+,37+,38-,39+,40?/m1/s1. The van der Waals surface area contributed by atoms with Crippen molar-refractivity contribution in [1.29, 1.82) is 0 Å². The summed E-state index contributed by atoms with van der Waals surface area (Å²) in [6.45, 7) is 13.2. The van der Waals surface area contributed by atoms with E-state index in [4.69, 9.17) is 43.4 Å². The summed E-state index contributed by atoms with van der Waals surface area (Å²) in [5.74, 6) is -0.449. The van der Waals surface area contributed by atoms with Gasteiger partial charge in [0.15, 0.2) is 5.79 Å². The first kappa shape index (κ1) is 36.7. The summed E-state index contributed by atoms with van der Waals surface area (Å²) >= 11 is 0. The van der Waals surface area contributed by atoms with E-state index in [9.17, 15) is 9.90 Å². The molecule has 4 unspecified atom stereocenters. The molecule has 10 aliphatic heterocycles. The van der Waals surface area contributed by atoms with E-state index in [1.807, 2.05) is 0 Å². The van der Waals surface area contributed by atoms with Crippen molar-refractivity contribution < 1.29 is 47.8 Å². The Morgan fingerprint density at radius 3 is 2.42 bits per heavy atom. The van der Waals surface area contributed by atoms with Crippen LogP contribution in [0.1, 0.15) is 97.3 Å². The molecule has 53 heavy (non-hydrogen) atoms. The molecule has 1 spiro atoms. The summed E-state index contributed by atoms with van der Waals surface area (Å²) in [5.41, 5.74) is 11.0. The lowest BCUT2D eigenvalue weighted by molar-refractivity contribution is -0.292. The number of fused-ring (bicyclic) bond motifs is 6. The third-order valence-electron chi connectivity index (χ3n) is 14.3. The van der Waals surface area contributed by atoms with Crippen molar-refractivity contribution in [1.82, 2.24) is 0 Å². The molecule has 292 valence electrons. The molecule has 1 N–H and O–H groups in total. The van der Waals surface area contributed by atoms with Gasteiger partial charge in [0, 0.05) is 37.0 Å². The minimum atomic E-state index is -0.830. The van der Waals surface area contributed by atoms with Gasteiger partial charge in [-0.3, -0.25) is 4.79 Å². The Morgan fingerprint density at radius 1 is 0.811 bits per heavy atom. The number of azide groups is 1. The van der Waals surface area contributed by atoms with E-state index in [1.54, 1.807) is 0 Å². The number of rotatable bonds is 4. The second kappa shape index (κ2) is 14.6. The summed E-state index contributed by atoms with van der Waals surface area (Å²) in [6.07, 6.45) is 5.39. The number of Topliss-reactive ketones (excluding diaryl/α,β-unsaturated/α-hetero) is 1. The molecule has 0 aromatic carbocycles. The van der Waals surface area contributed by atoms with Crippen LogP contribution in [0.15, 0.2) is 29.4 Å². The van der Waals surface area contributed by atoms with Gasteiger partial charge in [-0.05, 0) is 85.8 Å². The number of carbonyl (C=O) groups is 1.